The smallest absolute Gasteiger partial charge is 0.328 e. The maximum Gasteiger partial charge on any atom is 0.328 e. The molecule has 19 heavy (non-hydrogen) atoms. The zero-order chi connectivity index (χ0) is 14.9. The lowest BCUT2D eigenvalue weighted by atomic mass is 10.2. The van der Waals surface area contributed by atoms with Crippen molar-refractivity contribution in [2.75, 3.05) is 19.1 Å². The summed E-state index contributed by atoms with van der Waals surface area (Å²) in [5.41, 5.74) is 0. The van der Waals surface area contributed by atoms with Gasteiger partial charge in [-0.05, 0) is 30.5 Å². The Morgan fingerprint density at radius 2 is 2.00 bits per heavy atom. The lowest BCUT2D eigenvalue weighted by molar-refractivity contribution is -0.144. The first kappa shape index (κ1) is 18.2. The number of methoxy groups -OCH3 is 1. The number of ether oxygens (including phenoxy) is 1. The fourth-order valence-electron chi connectivity index (χ4n) is 1.37. The van der Waals surface area contributed by atoms with Gasteiger partial charge in [-0.1, -0.05) is 25.7 Å². The maximum absolute atomic E-state index is 11.7. The molecule has 4 nitrogen and oxygen atoms in total. The topological polar surface area (TPSA) is 55.4 Å². The third-order valence-electron chi connectivity index (χ3n) is 2.41. The summed E-state index contributed by atoms with van der Waals surface area (Å²) >= 11 is 1.63. The van der Waals surface area contributed by atoms with Crippen LogP contribution in [0.1, 0.15) is 6.42 Å². The van der Waals surface area contributed by atoms with Gasteiger partial charge in [0.05, 0.1) is 7.11 Å². The summed E-state index contributed by atoms with van der Waals surface area (Å²) in [6.07, 6.45) is 5.96. The Kier molecular flexibility index (Phi) is 8.83. The minimum absolute atomic E-state index is 0.227. The molecule has 0 saturated carbocycles. The molecule has 0 bridgehead atoms. The zero-order valence-corrected chi connectivity index (χ0v) is 14.3. The number of esters is 1. The van der Waals surface area contributed by atoms with Crippen molar-refractivity contribution in [2.24, 2.45) is 0 Å². The highest BCUT2D eigenvalue weighted by Gasteiger charge is 2.20. The molecule has 0 aliphatic carbocycles. The lowest BCUT2D eigenvalue weighted by Gasteiger charge is -2.15. The second kappa shape index (κ2) is 9.20. The van der Waals surface area contributed by atoms with E-state index in [1.54, 1.807) is 11.8 Å². The maximum atomic E-state index is 11.7. The molecule has 0 aliphatic heterocycles. The van der Waals surface area contributed by atoms with Gasteiger partial charge in [0.25, 0.3) is 0 Å². The van der Waals surface area contributed by atoms with Crippen LogP contribution < -0.4 is 5.32 Å². The highest BCUT2D eigenvalue weighted by molar-refractivity contribution is 7.98. The van der Waals surface area contributed by atoms with E-state index >= 15 is 0 Å². The number of nitrogens with one attached hydrogen (secondary N) is 1. The van der Waals surface area contributed by atoms with Crippen LogP contribution in [0.15, 0.2) is 12.2 Å². The molecular weight excluding hydrogens is 278 g/mol. The molecule has 0 aromatic rings. The fraction of sp³-hybridized carbons (Fsp3) is 0.692. The van der Waals surface area contributed by atoms with Gasteiger partial charge in [-0.25, -0.2) is 4.79 Å². The van der Waals surface area contributed by atoms with Crippen LogP contribution in [0.4, 0.5) is 0 Å². The van der Waals surface area contributed by atoms with E-state index in [2.05, 4.69) is 29.7 Å². The molecule has 0 heterocycles. The van der Waals surface area contributed by atoms with Crippen molar-refractivity contribution in [3.05, 3.63) is 12.2 Å². The molecule has 0 aromatic heterocycles. The van der Waals surface area contributed by atoms with Crippen molar-refractivity contribution in [3.8, 4) is 0 Å². The van der Waals surface area contributed by atoms with Crippen molar-refractivity contribution in [3.63, 3.8) is 0 Å². The van der Waals surface area contributed by atoms with E-state index in [1.165, 1.54) is 13.2 Å². The van der Waals surface area contributed by atoms with E-state index in [4.69, 9.17) is 0 Å². The third kappa shape index (κ3) is 9.78. The molecule has 1 N–H and O–H groups in total. The van der Waals surface area contributed by atoms with Gasteiger partial charge in [0.2, 0.25) is 5.91 Å². The average Bonchev–Trinajstić information content (AvgIpc) is 2.31. The molecular formula is C13H25NO3SSi. The predicted molar refractivity (Wildman–Crippen MR) is 84.2 cm³/mol. The van der Waals surface area contributed by atoms with Crippen LogP contribution in [0, 0.1) is 0 Å². The number of carbonyl (C=O) groups excluding carboxylic acids is 2. The van der Waals surface area contributed by atoms with E-state index in [9.17, 15) is 9.59 Å². The first-order valence-corrected chi connectivity index (χ1v) is 11.4. The van der Waals surface area contributed by atoms with Crippen LogP contribution in [0.25, 0.3) is 0 Å². The van der Waals surface area contributed by atoms with Crippen LogP contribution in [-0.4, -0.2) is 45.1 Å². The van der Waals surface area contributed by atoms with Crippen LogP contribution in [0.5, 0.6) is 0 Å². The Labute approximate surface area is 121 Å². The second-order valence-electron chi connectivity index (χ2n) is 5.53. The van der Waals surface area contributed by atoms with Gasteiger partial charge < -0.3 is 10.1 Å². The quantitative estimate of drug-likeness (QED) is 0.425. The van der Waals surface area contributed by atoms with Gasteiger partial charge in [0.15, 0.2) is 0 Å². The molecule has 1 amide bonds. The van der Waals surface area contributed by atoms with Crippen LogP contribution in [-0.2, 0) is 14.3 Å². The molecule has 0 saturated heterocycles. The van der Waals surface area contributed by atoms with Gasteiger partial charge in [0, 0.05) is 8.07 Å². The van der Waals surface area contributed by atoms with Crippen LogP contribution >= 0.6 is 11.8 Å². The number of carbonyl (C=O) groups is 2. The number of hydrogen-bond acceptors (Lipinski definition) is 4. The molecule has 0 fully saturated rings. The number of rotatable bonds is 8. The van der Waals surface area contributed by atoms with Crippen molar-refractivity contribution in [1.29, 1.82) is 0 Å². The molecule has 6 heteroatoms. The van der Waals surface area contributed by atoms with Gasteiger partial charge in [-0.15, -0.1) is 0 Å². The largest absolute Gasteiger partial charge is 0.467 e. The Morgan fingerprint density at radius 1 is 1.37 bits per heavy atom. The summed E-state index contributed by atoms with van der Waals surface area (Å²) < 4.78 is 4.69. The minimum atomic E-state index is -1.18. The minimum Gasteiger partial charge on any atom is -0.467 e. The SMILES string of the molecule is COC(=O)[C@H](CCSC)NC(=O)C=CC[Si](C)(C)C. The van der Waals surface area contributed by atoms with E-state index in [-0.39, 0.29) is 11.9 Å². The number of hydrogen-bond donors (Lipinski definition) is 1. The highest BCUT2D eigenvalue weighted by Crippen LogP contribution is 2.08. The monoisotopic (exact) mass is 303 g/mol. The zero-order valence-electron chi connectivity index (χ0n) is 12.5. The second-order valence-corrected chi connectivity index (χ2v) is 12.0. The summed E-state index contributed by atoms with van der Waals surface area (Å²) in [7, 11) is 0.159. The van der Waals surface area contributed by atoms with Gasteiger partial charge in [0.1, 0.15) is 6.04 Å². The summed E-state index contributed by atoms with van der Waals surface area (Å²) in [5.74, 6) is 0.189. The molecule has 0 aromatic carbocycles. The molecule has 0 rings (SSSR count). The van der Waals surface area contributed by atoms with E-state index < -0.39 is 14.1 Å². The third-order valence-corrected chi connectivity index (χ3v) is 4.52. The fourth-order valence-corrected chi connectivity index (χ4v) is 2.66. The van der Waals surface area contributed by atoms with Crippen LogP contribution in [0.3, 0.4) is 0 Å². The Bertz CT molecular complexity index is 326. The van der Waals surface area contributed by atoms with Crippen molar-refractivity contribution < 1.29 is 14.3 Å². The number of amides is 1. The lowest BCUT2D eigenvalue weighted by Crippen LogP contribution is -2.41. The molecule has 0 unspecified atom stereocenters. The Morgan fingerprint density at radius 3 is 2.47 bits per heavy atom. The first-order chi connectivity index (χ1) is 8.80. The molecule has 0 aliphatic rings. The van der Waals surface area contributed by atoms with E-state index in [1.807, 2.05) is 12.3 Å². The number of thioether (sulfide) groups is 1. The summed E-state index contributed by atoms with van der Waals surface area (Å²) in [6.45, 7) is 6.72. The van der Waals surface area contributed by atoms with Crippen molar-refractivity contribution >= 4 is 31.7 Å². The standard InChI is InChI=1S/C13H25NO3SSi/c1-17-13(16)11(8-9-18-2)14-12(15)7-6-10-19(3,4)5/h6-7,11H,8-10H2,1-5H3,(H,14,15)/t11-/m0/s1. The molecule has 1 atom stereocenters. The molecule has 0 radical (unpaired) electrons. The van der Waals surface area contributed by atoms with E-state index in [0.717, 1.165) is 11.8 Å². The van der Waals surface area contributed by atoms with Crippen molar-refractivity contribution in [1.82, 2.24) is 5.32 Å². The van der Waals surface area contributed by atoms with Crippen LogP contribution in [0.2, 0.25) is 25.7 Å². The van der Waals surface area contributed by atoms with Gasteiger partial charge in [-0.2, -0.15) is 11.8 Å². The van der Waals surface area contributed by atoms with Gasteiger partial charge in [-0.3, -0.25) is 4.79 Å². The highest BCUT2D eigenvalue weighted by atomic mass is 32.2. The summed E-state index contributed by atoms with van der Waals surface area (Å²) in [5, 5.41) is 2.69. The van der Waals surface area contributed by atoms with Crippen molar-refractivity contribution in [2.45, 2.75) is 38.1 Å². The van der Waals surface area contributed by atoms with E-state index in [0.29, 0.717) is 6.42 Å². The predicted octanol–water partition coefficient (Wildman–Crippen LogP) is 2.29. The Balaban J connectivity index is 4.34. The van der Waals surface area contributed by atoms with Gasteiger partial charge >= 0.3 is 5.97 Å². The summed E-state index contributed by atoms with van der Waals surface area (Å²) in [6, 6.07) is 0.398. The summed E-state index contributed by atoms with van der Waals surface area (Å²) in [4.78, 5) is 23.2. The number of allylic oxidation sites excluding steroid dienone is 1. The first-order valence-electron chi connectivity index (χ1n) is 6.34. The normalized spacial score (nSPS) is 13.3. The molecule has 110 valence electrons. The molecule has 0 spiro atoms. The average molecular weight is 304 g/mol. The Hall–Kier alpha value is -0.753.